The van der Waals surface area contributed by atoms with Gasteiger partial charge in [0.25, 0.3) is 0 Å². The molecule has 5 nitrogen and oxygen atoms in total. The molecule has 1 unspecified atom stereocenters. The lowest BCUT2D eigenvalue weighted by molar-refractivity contribution is -0.120. The summed E-state index contributed by atoms with van der Waals surface area (Å²) in [5.74, 6) is 1.76. The maximum absolute atomic E-state index is 11.4. The van der Waals surface area contributed by atoms with Crippen LogP contribution in [0.25, 0.3) is 0 Å². The van der Waals surface area contributed by atoms with Crippen LogP contribution in [0.5, 0.6) is 11.5 Å². The zero-order valence-corrected chi connectivity index (χ0v) is 12.3. The van der Waals surface area contributed by atoms with Crippen LogP contribution in [0.2, 0.25) is 0 Å². The van der Waals surface area contributed by atoms with Crippen LogP contribution in [0.4, 0.5) is 0 Å². The van der Waals surface area contributed by atoms with Crippen LogP contribution < -0.4 is 20.1 Å². The van der Waals surface area contributed by atoms with Crippen molar-refractivity contribution in [1.29, 1.82) is 0 Å². The van der Waals surface area contributed by atoms with Crippen LogP contribution in [-0.2, 0) is 17.8 Å². The first-order chi connectivity index (χ1) is 9.63. The number of amides is 1. The van der Waals surface area contributed by atoms with Gasteiger partial charge in [-0.3, -0.25) is 4.79 Å². The molecule has 1 aliphatic rings. The third-order valence-corrected chi connectivity index (χ3v) is 3.27. The minimum atomic E-state index is -0.00232. The van der Waals surface area contributed by atoms with Crippen molar-refractivity contribution < 1.29 is 14.3 Å². The van der Waals surface area contributed by atoms with Crippen LogP contribution >= 0.6 is 0 Å². The summed E-state index contributed by atoms with van der Waals surface area (Å²) < 4.78 is 11.2. The highest BCUT2D eigenvalue weighted by Gasteiger charge is 2.21. The fourth-order valence-corrected chi connectivity index (χ4v) is 2.38. The molecule has 1 heterocycles. The van der Waals surface area contributed by atoms with Crippen LogP contribution in [0.3, 0.4) is 0 Å². The van der Waals surface area contributed by atoms with Crippen molar-refractivity contribution in [3.05, 3.63) is 23.3 Å². The Hall–Kier alpha value is -1.75. The summed E-state index contributed by atoms with van der Waals surface area (Å²) in [5, 5.41) is 5.87. The van der Waals surface area contributed by atoms with E-state index in [0.717, 1.165) is 23.5 Å². The number of ether oxygens (including phenoxy) is 2. The average Bonchev–Trinajstić information content (AvgIpc) is 2.77. The second kappa shape index (κ2) is 6.61. The molecule has 0 spiro atoms. The minimum Gasteiger partial charge on any atom is -0.496 e. The van der Waals surface area contributed by atoms with E-state index in [4.69, 9.17) is 9.47 Å². The van der Waals surface area contributed by atoms with Gasteiger partial charge in [0.2, 0.25) is 5.91 Å². The second-order valence-electron chi connectivity index (χ2n) is 4.96. The van der Waals surface area contributed by atoms with Crippen molar-refractivity contribution in [3.63, 3.8) is 0 Å². The summed E-state index contributed by atoms with van der Waals surface area (Å²) in [4.78, 5) is 11.4. The Morgan fingerprint density at radius 3 is 3.00 bits per heavy atom. The standard InChI is InChI=1S/C15H22N2O3/c1-4-17-15(18)9-16-8-12-7-14-11(5-10(2)20-14)6-13(12)19-3/h6-7,10,16H,4-5,8-9H2,1-3H3,(H,17,18). The summed E-state index contributed by atoms with van der Waals surface area (Å²) >= 11 is 0. The molecular weight excluding hydrogens is 256 g/mol. The number of fused-ring (bicyclic) bond motifs is 1. The molecular formula is C15H22N2O3. The van der Waals surface area contributed by atoms with Crippen molar-refractivity contribution in [2.75, 3.05) is 20.2 Å². The lowest BCUT2D eigenvalue weighted by Gasteiger charge is -2.12. The van der Waals surface area contributed by atoms with Crippen molar-refractivity contribution in [2.24, 2.45) is 0 Å². The topological polar surface area (TPSA) is 59.6 Å². The van der Waals surface area contributed by atoms with E-state index in [1.165, 1.54) is 5.56 Å². The van der Waals surface area contributed by atoms with Gasteiger partial charge < -0.3 is 20.1 Å². The fraction of sp³-hybridized carbons (Fsp3) is 0.533. The Morgan fingerprint density at radius 1 is 1.50 bits per heavy atom. The summed E-state index contributed by atoms with van der Waals surface area (Å²) in [5.41, 5.74) is 2.19. The first-order valence-electron chi connectivity index (χ1n) is 6.98. The number of rotatable bonds is 6. The predicted octanol–water partition coefficient (Wildman–Crippen LogP) is 1.24. The molecule has 20 heavy (non-hydrogen) atoms. The first-order valence-corrected chi connectivity index (χ1v) is 6.98. The largest absolute Gasteiger partial charge is 0.496 e. The van der Waals surface area contributed by atoms with Gasteiger partial charge in [-0.25, -0.2) is 0 Å². The van der Waals surface area contributed by atoms with Gasteiger partial charge in [0, 0.05) is 30.6 Å². The minimum absolute atomic E-state index is 0.00232. The maximum atomic E-state index is 11.4. The normalized spacial score (nSPS) is 16.4. The molecule has 0 bridgehead atoms. The zero-order valence-electron chi connectivity index (χ0n) is 12.3. The molecule has 2 N–H and O–H groups in total. The molecule has 0 fully saturated rings. The Labute approximate surface area is 119 Å². The van der Waals surface area contributed by atoms with Gasteiger partial charge in [-0.2, -0.15) is 0 Å². The predicted molar refractivity (Wildman–Crippen MR) is 77.2 cm³/mol. The Balaban J connectivity index is 2.01. The van der Waals surface area contributed by atoms with Gasteiger partial charge in [-0.15, -0.1) is 0 Å². The number of hydrogen-bond donors (Lipinski definition) is 2. The molecule has 0 radical (unpaired) electrons. The van der Waals surface area contributed by atoms with E-state index in [1.807, 2.05) is 19.1 Å². The lowest BCUT2D eigenvalue weighted by atomic mass is 10.1. The highest BCUT2D eigenvalue weighted by Crippen LogP contribution is 2.34. The van der Waals surface area contributed by atoms with Crippen molar-refractivity contribution in [1.82, 2.24) is 10.6 Å². The summed E-state index contributed by atoms with van der Waals surface area (Å²) in [7, 11) is 1.66. The molecule has 5 heteroatoms. The number of carbonyl (C=O) groups is 1. The smallest absolute Gasteiger partial charge is 0.233 e. The van der Waals surface area contributed by atoms with Crippen LogP contribution in [-0.4, -0.2) is 32.2 Å². The third kappa shape index (κ3) is 3.42. The zero-order chi connectivity index (χ0) is 14.5. The highest BCUT2D eigenvalue weighted by atomic mass is 16.5. The van der Waals surface area contributed by atoms with E-state index >= 15 is 0 Å². The summed E-state index contributed by atoms with van der Waals surface area (Å²) in [6.07, 6.45) is 1.13. The average molecular weight is 278 g/mol. The van der Waals surface area contributed by atoms with Crippen molar-refractivity contribution in [2.45, 2.75) is 32.9 Å². The Morgan fingerprint density at radius 2 is 2.30 bits per heavy atom. The summed E-state index contributed by atoms with van der Waals surface area (Å²) in [6.45, 7) is 5.48. The van der Waals surface area contributed by atoms with Gasteiger partial charge in [0.1, 0.15) is 17.6 Å². The molecule has 0 aromatic heterocycles. The first kappa shape index (κ1) is 14.7. The molecule has 1 atom stereocenters. The van der Waals surface area contributed by atoms with Crippen LogP contribution in [0, 0.1) is 0 Å². The van der Waals surface area contributed by atoms with Gasteiger partial charge >= 0.3 is 0 Å². The molecule has 0 saturated carbocycles. The Kier molecular flexibility index (Phi) is 4.84. The van der Waals surface area contributed by atoms with Crippen molar-refractivity contribution in [3.8, 4) is 11.5 Å². The number of carbonyl (C=O) groups excluding carboxylic acids is 1. The number of hydrogen-bond acceptors (Lipinski definition) is 4. The van der Waals surface area contributed by atoms with Gasteiger partial charge in [-0.1, -0.05) is 0 Å². The van der Waals surface area contributed by atoms with E-state index in [0.29, 0.717) is 19.6 Å². The molecule has 1 aliphatic heterocycles. The number of likely N-dealkylation sites (N-methyl/N-ethyl adjacent to an activating group) is 1. The van der Waals surface area contributed by atoms with Crippen molar-refractivity contribution >= 4 is 5.91 Å². The van der Waals surface area contributed by atoms with E-state index in [2.05, 4.69) is 17.6 Å². The van der Waals surface area contributed by atoms with Gasteiger partial charge in [0.15, 0.2) is 0 Å². The molecule has 1 amide bonds. The van der Waals surface area contributed by atoms with Gasteiger partial charge in [-0.05, 0) is 26.0 Å². The highest BCUT2D eigenvalue weighted by molar-refractivity contribution is 5.77. The van der Waals surface area contributed by atoms with E-state index < -0.39 is 0 Å². The molecule has 0 aliphatic carbocycles. The number of nitrogens with one attached hydrogen (secondary N) is 2. The fourth-order valence-electron chi connectivity index (χ4n) is 2.38. The van der Waals surface area contributed by atoms with Gasteiger partial charge in [0.05, 0.1) is 13.7 Å². The van der Waals surface area contributed by atoms with E-state index in [-0.39, 0.29) is 12.0 Å². The third-order valence-electron chi connectivity index (χ3n) is 3.27. The quantitative estimate of drug-likeness (QED) is 0.822. The molecule has 0 saturated heterocycles. The maximum Gasteiger partial charge on any atom is 0.233 e. The number of methoxy groups -OCH3 is 1. The summed E-state index contributed by atoms with van der Waals surface area (Å²) in [6, 6.07) is 4.03. The molecule has 1 aromatic carbocycles. The lowest BCUT2D eigenvalue weighted by Crippen LogP contribution is -2.33. The Bertz CT molecular complexity index is 488. The van der Waals surface area contributed by atoms with E-state index in [9.17, 15) is 4.79 Å². The van der Waals surface area contributed by atoms with Crippen LogP contribution in [0.1, 0.15) is 25.0 Å². The molecule has 1 aromatic rings. The molecule has 110 valence electrons. The van der Waals surface area contributed by atoms with Crippen LogP contribution in [0.15, 0.2) is 12.1 Å². The second-order valence-corrected chi connectivity index (χ2v) is 4.96. The monoisotopic (exact) mass is 278 g/mol. The number of benzene rings is 1. The van der Waals surface area contributed by atoms with E-state index in [1.54, 1.807) is 7.11 Å². The SMILES string of the molecule is CCNC(=O)CNCc1cc2c(cc1OC)CC(C)O2. The molecule has 2 rings (SSSR count).